The second-order valence-electron chi connectivity index (χ2n) is 10.0. The largest absolute Gasteiger partial charge is 0.397 e. The Bertz CT molecular complexity index is 2160. The van der Waals surface area contributed by atoms with E-state index in [0.717, 1.165) is 33.2 Å². The minimum atomic E-state index is -0.334. The quantitative estimate of drug-likeness (QED) is 0.131. The number of nitrogens with zero attached hydrogens (tertiary/aromatic N) is 3. The van der Waals surface area contributed by atoms with Crippen LogP contribution in [0.25, 0.3) is 55.0 Å². The van der Waals surface area contributed by atoms with E-state index in [2.05, 4.69) is 59.2 Å². The number of hydrogen-bond acceptors (Lipinski definition) is 3. The van der Waals surface area contributed by atoms with Crippen LogP contribution in [0.1, 0.15) is 8.85 Å². The summed E-state index contributed by atoms with van der Waals surface area (Å²) in [7, 11) is 0. The molecule has 2 N–H and O–H groups in total. The van der Waals surface area contributed by atoms with Crippen LogP contribution in [0.5, 0.6) is 0 Å². The van der Waals surface area contributed by atoms with E-state index in [4.69, 9.17) is 5.73 Å². The molecule has 0 spiro atoms. The number of hydrogen-bond donors (Lipinski definition) is 1. The van der Waals surface area contributed by atoms with Gasteiger partial charge in [-0.1, -0.05) is 104 Å². The summed E-state index contributed by atoms with van der Waals surface area (Å²) in [6.45, 7) is 0. The minimum absolute atomic E-state index is 0. The fourth-order valence-corrected chi connectivity index (χ4v) is 5.86. The van der Waals surface area contributed by atoms with Gasteiger partial charge in [0.05, 0.1) is 38.4 Å². The number of rotatable bonds is 3. The first-order valence-electron chi connectivity index (χ1n) is 13.7. The van der Waals surface area contributed by atoms with Gasteiger partial charge in [-0.05, 0) is 42.5 Å². The summed E-state index contributed by atoms with van der Waals surface area (Å²) >= 11 is 0. The Morgan fingerprint density at radius 2 is 0.814 bits per heavy atom. The van der Waals surface area contributed by atoms with Crippen molar-refractivity contribution in [2.24, 2.45) is 0 Å². The van der Waals surface area contributed by atoms with Crippen molar-refractivity contribution in [2.45, 2.75) is 7.43 Å². The van der Waals surface area contributed by atoms with Gasteiger partial charge < -0.3 is 14.9 Å². The van der Waals surface area contributed by atoms with Crippen LogP contribution >= 0.6 is 0 Å². The SMILES string of the molecule is C.Nc1ccccc1-n1c2ccccc2c2ccccc21.O=[N+]([O-])c1ccccc1-n1c2ccccc2c2ccccc21.[2HH]. The summed E-state index contributed by atoms with van der Waals surface area (Å²) in [6.07, 6.45) is 0. The second-order valence-corrected chi connectivity index (χ2v) is 10.0. The van der Waals surface area contributed by atoms with Crippen LogP contribution in [0.4, 0.5) is 11.4 Å². The standard InChI is InChI=1S/C18H12N2O2.C18H14N2.CH4.H2/c21-20(22)18-12-6-5-11-17(18)19-15-9-3-1-7-13(15)14-8-2-4-10-16(14)19;19-15-9-3-6-12-18(15)20-16-10-4-1-7-13(16)14-8-2-5-11-17(14)20;;/h1-12H;1-12H,19H2;1H4;1H/i;;;1+1. The summed E-state index contributed by atoms with van der Waals surface area (Å²) in [5.41, 5.74) is 13.0. The van der Waals surface area contributed by atoms with Gasteiger partial charge >= 0.3 is 0 Å². The summed E-state index contributed by atoms with van der Waals surface area (Å²) in [4.78, 5) is 11.0. The molecule has 6 nitrogen and oxygen atoms in total. The molecule has 2 aromatic heterocycles. The average molecular weight is 566 g/mol. The Morgan fingerprint density at radius 1 is 0.488 bits per heavy atom. The minimum Gasteiger partial charge on any atom is -0.397 e. The number of anilines is 1. The molecule has 43 heavy (non-hydrogen) atoms. The lowest BCUT2D eigenvalue weighted by atomic mass is 10.2. The summed E-state index contributed by atoms with van der Waals surface area (Å²) in [6, 6.07) is 47.7. The van der Waals surface area contributed by atoms with Crippen LogP contribution in [0, 0.1) is 10.1 Å². The molecule has 212 valence electrons. The molecule has 0 saturated heterocycles. The molecule has 0 atom stereocenters. The van der Waals surface area contributed by atoms with Gasteiger partial charge in [-0.2, -0.15) is 0 Å². The smallest absolute Gasteiger partial charge is 0.293 e. The maximum absolute atomic E-state index is 11.4. The van der Waals surface area contributed by atoms with Crippen molar-refractivity contribution in [3.8, 4) is 11.4 Å². The van der Waals surface area contributed by atoms with E-state index in [1.807, 2.05) is 77.4 Å². The van der Waals surface area contributed by atoms with Gasteiger partial charge in [0.15, 0.2) is 0 Å². The van der Waals surface area contributed by atoms with Crippen molar-refractivity contribution in [1.29, 1.82) is 0 Å². The van der Waals surface area contributed by atoms with Gasteiger partial charge in [0.2, 0.25) is 0 Å². The molecule has 0 bridgehead atoms. The number of aromatic nitrogens is 2. The third-order valence-electron chi connectivity index (χ3n) is 7.66. The number of nitro benzene ring substituents is 1. The molecular formula is C37H32N4O2. The Labute approximate surface area is 250 Å². The molecule has 0 aliphatic carbocycles. The van der Waals surface area contributed by atoms with E-state index in [0.29, 0.717) is 5.69 Å². The van der Waals surface area contributed by atoms with E-state index >= 15 is 0 Å². The normalized spacial score (nSPS) is 10.9. The van der Waals surface area contributed by atoms with Crippen molar-refractivity contribution in [1.82, 2.24) is 9.13 Å². The highest BCUT2D eigenvalue weighted by Gasteiger charge is 2.19. The maximum atomic E-state index is 11.4. The molecule has 0 aliphatic rings. The van der Waals surface area contributed by atoms with Gasteiger partial charge in [0, 0.05) is 29.0 Å². The Balaban J connectivity index is 0.000000168. The molecule has 2 heterocycles. The molecule has 0 amide bonds. The molecule has 0 aliphatic heterocycles. The fraction of sp³-hybridized carbons (Fsp3) is 0.0270. The predicted molar refractivity (Wildman–Crippen MR) is 181 cm³/mol. The number of fused-ring (bicyclic) bond motifs is 6. The van der Waals surface area contributed by atoms with Crippen LogP contribution in [0.15, 0.2) is 146 Å². The van der Waals surface area contributed by atoms with Crippen molar-refractivity contribution in [2.75, 3.05) is 5.73 Å². The van der Waals surface area contributed by atoms with Gasteiger partial charge in [0.1, 0.15) is 5.69 Å². The lowest BCUT2D eigenvalue weighted by Crippen LogP contribution is -1.99. The first-order chi connectivity index (χ1) is 20.6. The Morgan fingerprint density at radius 3 is 1.23 bits per heavy atom. The van der Waals surface area contributed by atoms with E-state index in [-0.39, 0.29) is 19.5 Å². The molecule has 0 saturated carbocycles. The molecule has 8 rings (SSSR count). The topological polar surface area (TPSA) is 79.0 Å². The molecule has 0 fully saturated rings. The van der Waals surface area contributed by atoms with Crippen LogP contribution in [-0.4, -0.2) is 14.1 Å². The van der Waals surface area contributed by atoms with Crippen LogP contribution < -0.4 is 5.73 Å². The van der Waals surface area contributed by atoms with Gasteiger partial charge in [-0.25, -0.2) is 0 Å². The average Bonchev–Trinajstić information content (AvgIpc) is 3.55. The second kappa shape index (κ2) is 11.2. The van der Waals surface area contributed by atoms with Crippen molar-refractivity contribution in [3.63, 3.8) is 0 Å². The molecule has 8 aromatic rings. The van der Waals surface area contributed by atoms with Crippen molar-refractivity contribution < 1.29 is 6.35 Å². The third-order valence-corrected chi connectivity index (χ3v) is 7.66. The molecule has 6 heteroatoms. The lowest BCUT2D eigenvalue weighted by Gasteiger charge is -2.10. The number of para-hydroxylation sites is 8. The highest BCUT2D eigenvalue weighted by molar-refractivity contribution is 6.10. The van der Waals surface area contributed by atoms with Crippen LogP contribution in [0.3, 0.4) is 0 Å². The van der Waals surface area contributed by atoms with Crippen LogP contribution in [-0.2, 0) is 0 Å². The maximum Gasteiger partial charge on any atom is 0.293 e. The van der Waals surface area contributed by atoms with E-state index in [9.17, 15) is 10.1 Å². The number of benzene rings is 6. The Kier molecular flexibility index (Phi) is 7.10. The summed E-state index contributed by atoms with van der Waals surface area (Å²) in [5, 5.41) is 16.1. The van der Waals surface area contributed by atoms with Crippen molar-refractivity contribution in [3.05, 3.63) is 156 Å². The molecule has 0 radical (unpaired) electrons. The fourth-order valence-electron chi connectivity index (χ4n) is 5.86. The van der Waals surface area contributed by atoms with Crippen LogP contribution in [0.2, 0.25) is 0 Å². The summed E-state index contributed by atoms with van der Waals surface area (Å²) in [5.74, 6) is 0. The lowest BCUT2D eigenvalue weighted by molar-refractivity contribution is -0.384. The zero-order chi connectivity index (χ0) is 28.6. The Hall–Kier alpha value is -5.88. The number of nitro groups is 1. The molecule has 6 aromatic carbocycles. The zero-order valence-corrected chi connectivity index (χ0v) is 22.6. The highest BCUT2D eigenvalue weighted by atomic mass is 16.6. The summed E-state index contributed by atoms with van der Waals surface area (Å²) < 4.78 is 4.20. The monoisotopic (exact) mass is 565 g/mol. The highest BCUT2D eigenvalue weighted by Crippen LogP contribution is 2.35. The third kappa shape index (κ3) is 4.55. The first kappa shape index (κ1) is 27.3. The number of nitrogens with two attached hydrogens (primary N) is 1. The molecular weight excluding hydrogens is 532 g/mol. The zero-order valence-electron chi connectivity index (χ0n) is 22.6. The van der Waals surface area contributed by atoms with E-state index in [1.165, 1.54) is 21.8 Å². The van der Waals surface area contributed by atoms with E-state index in [1.54, 1.807) is 18.2 Å². The first-order valence-corrected chi connectivity index (χ1v) is 13.7. The van der Waals surface area contributed by atoms with Gasteiger partial charge in [-0.15, -0.1) is 0 Å². The van der Waals surface area contributed by atoms with Crippen molar-refractivity contribution >= 4 is 55.0 Å². The predicted octanol–water partition coefficient (Wildman–Crippen LogP) is 9.94. The molecule has 0 unspecified atom stereocenters. The van der Waals surface area contributed by atoms with E-state index < -0.39 is 0 Å². The number of nitrogen functional groups attached to an aromatic ring is 1. The van der Waals surface area contributed by atoms with Gasteiger partial charge in [-0.3, -0.25) is 10.1 Å². The van der Waals surface area contributed by atoms with Gasteiger partial charge in [0.25, 0.3) is 5.69 Å².